The predicted octanol–water partition coefficient (Wildman–Crippen LogP) is 2.87. The molecule has 7 heteroatoms. The maximum Gasteiger partial charge on any atom is 0.251 e. The summed E-state index contributed by atoms with van der Waals surface area (Å²) in [6.45, 7) is 7.22. The van der Waals surface area contributed by atoms with E-state index in [0.29, 0.717) is 44.8 Å². The van der Waals surface area contributed by atoms with E-state index in [1.54, 1.807) is 0 Å². The number of morpholine rings is 1. The number of hydrogen-bond donors (Lipinski definition) is 1. The Bertz CT molecular complexity index is 1120. The van der Waals surface area contributed by atoms with Crippen LogP contribution in [0.5, 0.6) is 0 Å². The Balaban J connectivity index is 1.40. The highest BCUT2D eigenvalue weighted by atomic mass is 16.5. The number of hydrogen-bond acceptors (Lipinski definition) is 4. The average molecular weight is 435 g/mol. The maximum atomic E-state index is 12.9. The molecular formula is C25H30N4O3. The van der Waals surface area contributed by atoms with Crippen molar-refractivity contribution < 1.29 is 14.3 Å². The topological polar surface area (TPSA) is 76.5 Å². The number of amides is 2. The molecule has 0 unspecified atom stereocenters. The Morgan fingerprint density at radius 3 is 2.66 bits per heavy atom. The number of carbonyl (C=O) groups is 2. The minimum Gasteiger partial charge on any atom is -0.378 e. The van der Waals surface area contributed by atoms with Crippen LogP contribution in [0.15, 0.2) is 42.5 Å². The van der Waals surface area contributed by atoms with Gasteiger partial charge in [0.05, 0.1) is 24.2 Å². The van der Waals surface area contributed by atoms with E-state index in [1.165, 1.54) is 0 Å². The summed E-state index contributed by atoms with van der Waals surface area (Å²) in [5.41, 5.74) is 4.68. The molecule has 2 heterocycles. The number of benzene rings is 2. The molecule has 0 radical (unpaired) electrons. The zero-order valence-corrected chi connectivity index (χ0v) is 18.8. The van der Waals surface area contributed by atoms with Crippen LogP contribution in [0, 0.1) is 13.8 Å². The molecule has 7 nitrogen and oxygen atoms in total. The van der Waals surface area contributed by atoms with Crippen LogP contribution in [0.1, 0.15) is 33.7 Å². The van der Waals surface area contributed by atoms with Crippen LogP contribution in [0.2, 0.25) is 0 Å². The highest BCUT2D eigenvalue weighted by Gasteiger charge is 2.20. The average Bonchev–Trinajstić information content (AvgIpc) is 3.14. The first-order chi connectivity index (χ1) is 15.5. The van der Waals surface area contributed by atoms with E-state index in [9.17, 15) is 9.59 Å². The molecule has 32 heavy (non-hydrogen) atoms. The van der Waals surface area contributed by atoms with E-state index in [1.807, 2.05) is 65.8 Å². The van der Waals surface area contributed by atoms with Crippen molar-refractivity contribution >= 4 is 22.8 Å². The van der Waals surface area contributed by atoms with E-state index in [2.05, 4.69) is 5.32 Å². The third-order valence-corrected chi connectivity index (χ3v) is 5.88. The summed E-state index contributed by atoms with van der Waals surface area (Å²) in [6, 6.07) is 13.7. The van der Waals surface area contributed by atoms with Gasteiger partial charge < -0.3 is 19.5 Å². The van der Waals surface area contributed by atoms with Crippen LogP contribution in [0.25, 0.3) is 11.0 Å². The van der Waals surface area contributed by atoms with Crippen LogP contribution in [0.4, 0.5) is 0 Å². The molecule has 1 saturated heterocycles. The highest BCUT2D eigenvalue weighted by Crippen LogP contribution is 2.18. The number of carbonyl (C=O) groups excluding carboxylic acids is 2. The van der Waals surface area contributed by atoms with Gasteiger partial charge in [0.15, 0.2) is 0 Å². The predicted molar refractivity (Wildman–Crippen MR) is 124 cm³/mol. The molecule has 3 aromatic rings. The minimum atomic E-state index is -0.0569. The summed E-state index contributed by atoms with van der Waals surface area (Å²) in [6.07, 6.45) is 1.42. The molecule has 4 rings (SSSR count). The number of fused-ring (bicyclic) bond motifs is 1. The lowest BCUT2D eigenvalue weighted by atomic mass is 10.1. The maximum absolute atomic E-state index is 12.9. The molecule has 1 aromatic heterocycles. The quantitative estimate of drug-likeness (QED) is 0.580. The van der Waals surface area contributed by atoms with Gasteiger partial charge in [0.2, 0.25) is 5.91 Å². The van der Waals surface area contributed by atoms with E-state index in [-0.39, 0.29) is 18.4 Å². The third-order valence-electron chi connectivity index (χ3n) is 5.88. The van der Waals surface area contributed by atoms with Gasteiger partial charge in [-0.05, 0) is 44.0 Å². The summed E-state index contributed by atoms with van der Waals surface area (Å²) in [5.74, 6) is 0.896. The Morgan fingerprint density at radius 2 is 1.88 bits per heavy atom. The second-order valence-corrected chi connectivity index (χ2v) is 8.27. The fraction of sp³-hybridized carbons (Fsp3) is 0.400. The fourth-order valence-electron chi connectivity index (χ4n) is 4.15. The number of para-hydroxylation sites is 2. The molecule has 1 N–H and O–H groups in total. The van der Waals surface area contributed by atoms with Gasteiger partial charge in [-0.25, -0.2) is 4.98 Å². The number of rotatable bonds is 7. The first kappa shape index (κ1) is 22.0. The molecular weight excluding hydrogens is 404 g/mol. The molecule has 0 bridgehead atoms. The zero-order chi connectivity index (χ0) is 22.5. The minimum absolute atomic E-state index is 0.0569. The first-order valence-electron chi connectivity index (χ1n) is 11.2. The number of aryl methyl sites for hydroxylation is 3. The molecule has 0 aliphatic carbocycles. The van der Waals surface area contributed by atoms with Crippen LogP contribution in [-0.4, -0.2) is 59.1 Å². The van der Waals surface area contributed by atoms with Crippen molar-refractivity contribution in [3.05, 3.63) is 65.0 Å². The second kappa shape index (κ2) is 9.96. The Kier molecular flexibility index (Phi) is 6.85. The van der Waals surface area contributed by atoms with Gasteiger partial charge in [-0.3, -0.25) is 9.59 Å². The lowest BCUT2D eigenvalue weighted by molar-refractivity contribution is -0.135. The molecule has 1 aliphatic rings. The van der Waals surface area contributed by atoms with Crippen LogP contribution in [-0.2, 0) is 22.5 Å². The SMILES string of the molecule is Cc1ccc(C(=O)NCCCc2nc3ccccc3n2CC(=O)N2CCOCC2)c(C)c1. The van der Waals surface area contributed by atoms with Crippen LogP contribution < -0.4 is 5.32 Å². The Hall–Kier alpha value is -3.19. The summed E-state index contributed by atoms with van der Waals surface area (Å²) >= 11 is 0. The van der Waals surface area contributed by atoms with Gasteiger partial charge in [0, 0.05) is 31.6 Å². The molecule has 1 fully saturated rings. The number of nitrogens with zero attached hydrogens (tertiary/aromatic N) is 3. The van der Waals surface area contributed by atoms with Gasteiger partial charge in [-0.1, -0.05) is 29.8 Å². The van der Waals surface area contributed by atoms with Gasteiger partial charge in [0.25, 0.3) is 5.91 Å². The smallest absolute Gasteiger partial charge is 0.251 e. The number of nitrogens with one attached hydrogen (secondary N) is 1. The van der Waals surface area contributed by atoms with Gasteiger partial charge in [0.1, 0.15) is 12.4 Å². The van der Waals surface area contributed by atoms with Gasteiger partial charge in [-0.15, -0.1) is 0 Å². The van der Waals surface area contributed by atoms with Crippen molar-refractivity contribution in [1.29, 1.82) is 0 Å². The second-order valence-electron chi connectivity index (χ2n) is 8.27. The Morgan fingerprint density at radius 1 is 1.09 bits per heavy atom. The van der Waals surface area contributed by atoms with Crippen LogP contribution in [0.3, 0.4) is 0 Å². The summed E-state index contributed by atoms with van der Waals surface area (Å²) in [5, 5.41) is 3.01. The van der Waals surface area contributed by atoms with Crippen molar-refractivity contribution in [3.63, 3.8) is 0 Å². The number of aromatic nitrogens is 2. The molecule has 0 spiro atoms. The van der Waals surface area contributed by atoms with E-state index in [4.69, 9.17) is 9.72 Å². The summed E-state index contributed by atoms with van der Waals surface area (Å²) in [4.78, 5) is 32.0. The zero-order valence-electron chi connectivity index (χ0n) is 18.8. The normalized spacial score (nSPS) is 14.0. The fourth-order valence-corrected chi connectivity index (χ4v) is 4.15. The standard InChI is InChI=1S/C25H30N4O3/c1-18-9-10-20(19(2)16-18)25(31)26-11-5-8-23-27-21-6-3-4-7-22(21)29(23)17-24(30)28-12-14-32-15-13-28/h3-4,6-7,9-10,16H,5,8,11-15,17H2,1-2H3,(H,26,31). The summed E-state index contributed by atoms with van der Waals surface area (Å²) < 4.78 is 7.37. The third kappa shape index (κ3) is 4.99. The van der Waals surface area contributed by atoms with Crippen LogP contribution >= 0.6 is 0 Å². The molecule has 168 valence electrons. The van der Waals surface area contributed by atoms with Crippen molar-refractivity contribution in [2.45, 2.75) is 33.2 Å². The van der Waals surface area contributed by atoms with Crippen molar-refractivity contribution in [2.24, 2.45) is 0 Å². The molecule has 1 aliphatic heterocycles. The lowest BCUT2D eigenvalue weighted by Crippen LogP contribution is -2.42. The van der Waals surface area contributed by atoms with E-state index in [0.717, 1.165) is 34.4 Å². The van der Waals surface area contributed by atoms with Gasteiger partial charge in [-0.2, -0.15) is 0 Å². The monoisotopic (exact) mass is 434 g/mol. The molecule has 0 atom stereocenters. The molecule has 2 aromatic carbocycles. The molecule has 0 saturated carbocycles. The van der Waals surface area contributed by atoms with E-state index >= 15 is 0 Å². The van der Waals surface area contributed by atoms with Crippen molar-refractivity contribution in [3.8, 4) is 0 Å². The van der Waals surface area contributed by atoms with Crippen molar-refractivity contribution in [2.75, 3.05) is 32.8 Å². The first-order valence-corrected chi connectivity index (χ1v) is 11.2. The summed E-state index contributed by atoms with van der Waals surface area (Å²) in [7, 11) is 0. The highest BCUT2D eigenvalue weighted by molar-refractivity contribution is 5.95. The number of ether oxygens (including phenoxy) is 1. The number of imidazole rings is 1. The largest absolute Gasteiger partial charge is 0.378 e. The van der Waals surface area contributed by atoms with E-state index < -0.39 is 0 Å². The van der Waals surface area contributed by atoms with Crippen molar-refractivity contribution in [1.82, 2.24) is 19.8 Å². The Labute approximate surface area is 188 Å². The lowest BCUT2D eigenvalue weighted by Gasteiger charge is -2.27. The molecule has 2 amide bonds. The van der Waals surface area contributed by atoms with Gasteiger partial charge >= 0.3 is 0 Å².